The van der Waals surface area contributed by atoms with Crippen LogP contribution in [0.15, 0.2) is 48.2 Å². The van der Waals surface area contributed by atoms with Gasteiger partial charge in [0.25, 0.3) is 5.91 Å². The normalized spacial score (nSPS) is 14.1. The monoisotopic (exact) mass is 367 g/mol. The number of amides is 2. The predicted molar refractivity (Wildman–Crippen MR) is 102 cm³/mol. The molecule has 0 aliphatic carbocycles. The smallest absolute Gasteiger partial charge is 0.301 e. The zero-order valence-electron chi connectivity index (χ0n) is 15.5. The quantitative estimate of drug-likeness (QED) is 0.789. The summed E-state index contributed by atoms with van der Waals surface area (Å²) in [6.45, 7) is 4.44. The topological polar surface area (TPSA) is 76.1 Å². The summed E-state index contributed by atoms with van der Waals surface area (Å²) < 4.78 is 10.8. The van der Waals surface area contributed by atoms with Gasteiger partial charge in [0.05, 0.1) is 25.0 Å². The molecule has 27 heavy (non-hydrogen) atoms. The number of carbonyl (C=O) groups is 2. The van der Waals surface area contributed by atoms with Gasteiger partial charge >= 0.3 is 5.91 Å². The van der Waals surface area contributed by atoms with Crippen LogP contribution in [0.1, 0.15) is 24.5 Å². The van der Waals surface area contributed by atoms with Crippen molar-refractivity contribution in [3.8, 4) is 11.5 Å². The molecule has 0 unspecified atom stereocenters. The number of methoxy groups -OCH3 is 1. The lowest BCUT2D eigenvalue weighted by Crippen LogP contribution is -2.32. The maximum absolute atomic E-state index is 13.0. The van der Waals surface area contributed by atoms with E-state index in [4.69, 9.17) is 9.47 Å². The van der Waals surface area contributed by atoms with E-state index in [0.29, 0.717) is 29.4 Å². The number of rotatable bonds is 6. The third-order valence-electron chi connectivity index (χ3n) is 4.25. The molecule has 2 aromatic carbocycles. The van der Waals surface area contributed by atoms with Crippen molar-refractivity contribution in [3.05, 3.63) is 59.4 Å². The second-order valence-corrected chi connectivity index (χ2v) is 6.22. The first-order valence-electron chi connectivity index (χ1n) is 8.67. The molecule has 0 atom stereocenters. The molecule has 1 N–H and O–H groups in total. The SMILES string of the molecule is CCCOc1ccc(C2=C(O)C(=O)N(c3cc(C)ccc3OC)C2=O)cc1. The van der Waals surface area contributed by atoms with E-state index in [-0.39, 0.29) is 5.57 Å². The number of aliphatic hydroxyl groups excluding tert-OH is 1. The Labute approximate surface area is 157 Å². The van der Waals surface area contributed by atoms with Gasteiger partial charge in [-0.1, -0.05) is 25.1 Å². The van der Waals surface area contributed by atoms with E-state index >= 15 is 0 Å². The molecule has 2 aromatic rings. The van der Waals surface area contributed by atoms with Crippen molar-refractivity contribution < 1.29 is 24.2 Å². The first-order chi connectivity index (χ1) is 13.0. The molecule has 0 saturated carbocycles. The molecule has 140 valence electrons. The Morgan fingerprint density at radius 2 is 1.74 bits per heavy atom. The summed E-state index contributed by atoms with van der Waals surface area (Å²) in [6.07, 6.45) is 0.883. The van der Waals surface area contributed by atoms with Crippen molar-refractivity contribution in [3.63, 3.8) is 0 Å². The number of aryl methyl sites for hydroxylation is 1. The molecule has 0 radical (unpaired) electrons. The molecular weight excluding hydrogens is 346 g/mol. The second kappa shape index (κ2) is 7.53. The van der Waals surface area contributed by atoms with Gasteiger partial charge in [-0.15, -0.1) is 0 Å². The largest absolute Gasteiger partial charge is 0.502 e. The van der Waals surface area contributed by atoms with Gasteiger partial charge in [-0.25, -0.2) is 4.90 Å². The van der Waals surface area contributed by atoms with E-state index in [9.17, 15) is 14.7 Å². The van der Waals surface area contributed by atoms with E-state index in [1.54, 1.807) is 36.4 Å². The van der Waals surface area contributed by atoms with Gasteiger partial charge in [0.2, 0.25) is 0 Å². The zero-order chi connectivity index (χ0) is 19.6. The Hall–Kier alpha value is -3.28. The number of anilines is 1. The number of aliphatic hydroxyl groups is 1. The van der Waals surface area contributed by atoms with Crippen LogP contribution in [-0.2, 0) is 9.59 Å². The molecule has 6 nitrogen and oxygen atoms in total. The summed E-state index contributed by atoms with van der Waals surface area (Å²) in [7, 11) is 1.46. The van der Waals surface area contributed by atoms with Gasteiger partial charge < -0.3 is 14.6 Å². The lowest BCUT2D eigenvalue weighted by Gasteiger charge is -2.18. The van der Waals surface area contributed by atoms with Crippen molar-refractivity contribution in [2.75, 3.05) is 18.6 Å². The number of benzene rings is 2. The van der Waals surface area contributed by atoms with Crippen LogP contribution in [-0.4, -0.2) is 30.6 Å². The number of carbonyl (C=O) groups excluding carboxylic acids is 2. The standard InChI is InChI=1S/C21H21NO5/c1-4-11-27-15-8-6-14(7-9-15)18-19(23)21(25)22(20(18)24)16-12-13(2)5-10-17(16)26-3/h5-10,12,23H,4,11H2,1-3H3. The van der Waals surface area contributed by atoms with Gasteiger partial charge in [0, 0.05) is 0 Å². The van der Waals surface area contributed by atoms with Crippen molar-refractivity contribution in [1.82, 2.24) is 0 Å². The highest BCUT2D eigenvalue weighted by molar-refractivity contribution is 6.45. The van der Waals surface area contributed by atoms with Crippen LogP contribution in [0.5, 0.6) is 11.5 Å². The molecule has 0 fully saturated rings. The van der Waals surface area contributed by atoms with E-state index < -0.39 is 17.6 Å². The van der Waals surface area contributed by atoms with Crippen LogP contribution in [0, 0.1) is 6.92 Å². The molecule has 1 aliphatic heterocycles. The zero-order valence-corrected chi connectivity index (χ0v) is 15.5. The fourth-order valence-corrected chi connectivity index (χ4v) is 2.91. The maximum Gasteiger partial charge on any atom is 0.301 e. The number of imide groups is 1. The molecule has 0 saturated heterocycles. The Morgan fingerprint density at radius 1 is 1.04 bits per heavy atom. The Bertz CT molecular complexity index is 915. The fourth-order valence-electron chi connectivity index (χ4n) is 2.91. The minimum atomic E-state index is -0.773. The van der Waals surface area contributed by atoms with Crippen LogP contribution in [0.3, 0.4) is 0 Å². The highest BCUT2D eigenvalue weighted by atomic mass is 16.5. The average molecular weight is 367 g/mol. The van der Waals surface area contributed by atoms with Crippen molar-refractivity contribution in [1.29, 1.82) is 0 Å². The summed E-state index contributed by atoms with van der Waals surface area (Å²) in [5.41, 5.74) is 1.57. The molecule has 2 amide bonds. The Kier molecular flexibility index (Phi) is 5.16. The Balaban J connectivity index is 1.96. The average Bonchev–Trinajstić information content (AvgIpc) is 2.89. The number of ether oxygens (including phenoxy) is 2. The molecule has 1 aliphatic rings. The Morgan fingerprint density at radius 3 is 2.37 bits per heavy atom. The van der Waals surface area contributed by atoms with Gasteiger partial charge in [-0.2, -0.15) is 0 Å². The van der Waals surface area contributed by atoms with Gasteiger partial charge in [-0.05, 0) is 48.7 Å². The van der Waals surface area contributed by atoms with Gasteiger partial charge in [-0.3, -0.25) is 9.59 Å². The molecule has 3 rings (SSSR count). The van der Waals surface area contributed by atoms with Crippen LogP contribution in [0.25, 0.3) is 5.57 Å². The number of hydrogen-bond acceptors (Lipinski definition) is 5. The fraction of sp³-hybridized carbons (Fsp3) is 0.238. The molecule has 0 aromatic heterocycles. The van der Waals surface area contributed by atoms with Gasteiger partial charge in [0.1, 0.15) is 11.5 Å². The first kappa shape index (κ1) is 18.5. The van der Waals surface area contributed by atoms with E-state index in [2.05, 4.69) is 0 Å². The minimum Gasteiger partial charge on any atom is -0.502 e. The van der Waals surface area contributed by atoms with Crippen LogP contribution in [0.4, 0.5) is 5.69 Å². The van der Waals surface area contributed by atoms with E-state index in [1.807, 2.05) is 19.9 Å². The van der Waals surface area contributed by atoms with Crippen LogP contribution < -0.4 is 14.4 Å². The number of nitrogens with zero attached hydrogens (tertiary/aromatic N) is 1. The molecule has 1 heterocycles. The highest BCUT2D eigenvalue weighted by Gasteiger charge is 2.41. The minimum absolute atomic E-state index is 0.0365. The molecular formula is C21H21NO5. The third kappa shape index (κ3) is 3.38. The molecule has 0 spiro atoms. The van der Waals surface area contributed by atoms with Crippen molar-refractivity contribution in [2.24, 2.45) is 0 Å². The van der Waals surface area contributed by atoms with Crippen molar-refractivity contribution in [2.45, 2.75) is 20.3 Å². The van der Waals surface area contributed by atoms with Gasteiger partial charge in [0.15, 0.2) is 5.76 Å². The predicted octanol–water partition coefficient (Wildman–Crippen LogP) is 3.63. The first-order valence-corrected chi connectivity index (χ1v) is 8.67. The van der Waals surface area contributed by atoms with Crippen LogP contribution in [0.2, 0.25) is 0 Å². The summed E-state index contributed by atoms with van der Waals surface area (Å²) in [6, 6.07) is 11.9. The molecule has 0 bridgehead atoms. The lowest BCUT2D eigenvalue weighted by atomic mass is 10.1. The van der Waals surface area contributed by atoms with Crippen molar-refractivity contribution >= 4 is 23.1 Å². The molecule has 6 heteroatoms. The maximum atomic E-state index is 13.0. The summed E-state index contributed by atoms with van der Waals surface area (Å²) in [4.78, 5) is 26.5. The van der Waals surface area contributed by atoms with E-state index in [0.717, 1.165) is 16.9 Å². The number of hydrogen-bond donors (Lipinski definition) is 1. The second-order valence-electron chi connectivity index (χ2n) is 6.22. The summed E-state index contributed by atoms with van der Waals surface area (Å²) in [5.74, 6) is -0.908. The summed E-state index contributed by atoms with van der Waals surface area (Å²) >= 11 is 0. The lowest BCUT2D eigenvalue weighted by molar-refractivity contribution is -0.121. The summed E-state index contributed by atoms with van der Waals surface area (Å²) in [5, 5.41) is 10.4. The van der Waals surface area contributed by atoms with E-state index in [1.165, 1.54) is 7.11 Å². The third-order valence-corrected chi connectivity index (χ3v) is 4.25. The highest BCUT2D eigenvalue weighted by Crippen LogP contribution is 2.37. The van der Waals surface area contributed by atoms with Crippen LogP contribution >= 0.6 is 0 Å².